The van der Waals surface area contributed by atoms with Gasteiger partial charge in [0.05, 0.1) is 18.2 Å². The minimum absolute atomic E-state index is 0.478. The maximum Gasteiger partial charge on any atom is 0.310 e. The number of benzene rings is 1. The van der Waals surface area contributed by atoms with Crippen molar-refractivity contribution in [1.82, 2.24) is 10.5 Å². The summed E-state index contributed by atoms with van der Waals surface area (Å²) in [5.74, 6) is -0.482. The molecule has 0 amide bonds. The van der Waals surface area contributed by atoms with Crippen LogP contribution < -0.4 is 5.32 Å². The molecule has 0 saturated heterocycles. The molecular weight excluding hydrogens is 256 g/mol. The predicted octanol–water partition coefficient (Wildman–Crippen LogP) is 2.46. The van der Waals surface area contributed by atoms with Gasteiger partial charge in [-0.05, 0) is 25.0 Å². The zero-order valence-electron chi connectivity index (χ0n) is 11.6. The van der Waals surface area contributed by atoms with Crippen LogP contribution in [0.3, 0.4) is 0 Å². The van der Waals surface area contributed by atoms with E-state index in [1.165, 1.54) is 0 Å². The highest BCUT2D eigenvalue weighted by molar-refractivity contribution is 5.75. The van der Waals surface area contributed by atoms with Crippen molar-refractivity contribution in [3.05, 3.63) is 52.9 Å². The zero-order valence-corrected chi connectivity index (χ0v) is 11.6. The number of carboxylic acids is 1. The SMILES string of the molecule is Cc1cc(CNCc2ccc(C(C)C(=O)O)cc2)on1. The fourth-order valence-corrected chi connectivity index (χ4v) is 1.90. The highest BCUT2D eigenvalue weighted by atomic mass is 16.5. The number of rotatable bonds is 6. The van der Waals surface area contributed by atoms with Crippen LogP contribution in [0.1, 0.15) is 35.4 Å². The number of aromatic nitrogens is 1. The van der Waals surface area contributed by atoms with Gasteiger partial charge in [0.25, 0.3) is 0 Å². The highest BCUT2D eigenvalue weighted by Gasteiger charge is 2.12. The molecule has 1 heterocycles. The molecule has 0 fully saturated rings. The van der Waals surface area contributed by atoms with Crippen molar-refractivity contribution < 1.29 is 14.4 Å². The molecular formula is C15H18N2O3. The molecule has 0 saturated carbocycles. The van der Waals surface area contributed by atoms with Crippen molar-refractivity contribution in [1.29, 1.82) is 0 Å². The first-order chi connectivity index (χ1) is 9.56. The van der Waals surface area contributed by atoms with E-state index < -0.39 is 11.9 Å². The standard InChI is InChI=1S/C15H18N2O3/c1-10-7-14(20-17-10)9-16-8-12-3-5-13(6-4-12)11(2)15(18)19/h3-7,11,16H,8-9H2,1-2H3,(H,18,19). The normalized spacial score (nSPS) is 12.3. The van der Waals surface area contributed by atoms with Crippen LogP contribution in [-0.4, -0.2) is 16.2 Å². The summed E-state index contributed by atoms with van der Waals surface area (Å²) in [5, 5.41) is 16.0. The Morgan fingerprint density at radius 3 is 2.60 bits per heavy atom. The number of carbonyl (C=O) groups is 1. The smallest absolute Gasteiger partial charge is 0.310 e. The van der Waals surface area contributed by atoms with Crippen LogP contribution in [0.4, 0.5) is 0 Å². The van der Waals surface area contributed by atoms with Crippen LogP contribution >= 0.6 is 0 Å². The van der Waals surface area contributed by atoms with Gasteiger partial charge in [-0.15, -0.1) is 0 Å². The molecule has 5 heteroatoms. The molecule has 0 aliphatic carbocycles. The van der Waals surface area contributed by atoms with E-state index in [-0.39, 0.29) is 0 Å². The van der Waals surface area contributed by atoms with Gasteiger partial charge in [0, 0.05) is 12.6 Å². The fraction of sp³-hybridized carbons (Fsp3) is 0.333. The summed E-state index contributed by atoms with van der Waals surface area (Å²) in [6.45, 7) is 4.88. The molecule has 20 heavy (non-hydrogen) atoms. The Labute approximate surface area is 117 Å². The monoisotopic (exact) mass is 274 g/mol. The zero-order chi connectivity index (χ0) is 14.5. The molecule has 5 nitrogen and oxygen atoms in total. The number of aryl methyl sites for hydroxylation is 1. The molecule has 1 aromatic heterocycles. The Morgan fingerprint density at radius 2 is 2.05 bits per heavy atom. The fourth-order valence-electron chi connectivity index (χ4n) is 1.90. The lowest BCUT2D eigenvalue weighted by molar-refractivity contribution is -0.138. The largest absolute Gasteiger partial charge is 0.481 e. The van der Waals surface area contributed by atoms with Gasteiger partial charge in [-0.2, -0.15) is 0 Å². The minimum Gasteiger partial charge on any atom is -0.481 e. The van der Waals surface area contributed by atoms with E-state index in [2.05, 4.69) is 10.5 Å². The van der Waals surface area contributed by atoms with Crippen molar-refractivity contribution in [2.75, 3.05) is 0 Å². The van der Waals surface area contributed by atoms with E-state index in [0.29, 0.717) is 13.1 Å². The van der Waals surface area contributed by atoms with E-state index in [4.69, 9.17) is 9.63 Å². The van der Waals surface area contributed by atoms with Crippen LogP contribution in [0.15, 0.2) is 34.9 Å². The second kappa shape index (κ2) is 6.34. The Morgan fingerprint density at radius 1 is 1.35 bits per heavy atom. The first-order valence-electron chi connectivity index (χ1n) is 6.51. The summed E-state index contributed by atoms with van der Waals surface area (Å²) in [4.78, 5) is 10.9. The molecule has 2 N–H and O–H groups in total. The number of nitrogens with one attached hydrogen (secondary N) is 1. The average Bonchev–Trinajstić information content (AvgIpc) is 2.84. The summed E-state index contributed by atoms with van der Waals surface area (Å²) in [7, 11) is 0. The minimum atomic E-state index is -0.809. The molecule has 0 bridgehead atoms. The summed E-state index contributed by atoms with van der Waals surface area (Å²) >= 11 is 0. The van der Waals surface area contributed by atoms with Gasteiger partial charge in [-0.1, -0.05) is 29.4 Å². The third kappa shape index (κ3) is 3.68. The highest BCUT2D eigenvalue weighted by Crippen LogP contribution is 2.16. The predicted molar refractivity (Wildman–Crippen MR) is 74.3 cm³/mol. The van der Waals surface area contributed by atoms with Crippen molar-refractivity contribution in [3.8, 4) is 0 Å². The average molecular weight is 274 g/mol. The molecule has 0 aliphatic heterocycles. The maximum absolute atomic E-state index is 10.9. The van der Waals surface area contributed by atoms with Crippen molar-refractivity contribution in [3.63, 3.8) is 0 Å². The molecule has 0 aliphatic rings. The molecule has 0 spiro atoms. The third-order valence-corrected chi connectivity index (χ3v) is 3.16. The van der Waals surface area contributed by atoms with Gasteiger partial charge in [0.2, 0.25) is 0 Å². The molecule has 106 valence electrons. The quantitative estimate of drug-likeness (QED) is 0.846. The Balaban J connectivity index is 1.86. The lowest BCUT2D eigenvalue weighted by atomic mass is 10.0. The molecule has 1 aromatic carbocycles. The number of aliphatic carboxylic acids is 1. The topological polar surface area (TPSA) is 75.4 Å². The maximum atomic E-state index is 10.9. The molecule has 0 radical (unpaired) electrons. The van der Waals surface area contributed by atoms with Crippen LogP contribution in [-0.2, 0) is 17.9 Å². The molecule has 1 atom stereocenters. The van der Waals surface area contributed by atoms with Gasteiger partial charge < -0.3 is 14.9 Å². The number of nitrogens with zero attached hydrogens (tertiary/aromatic N) is 1. The number of hydrogen-bond donors (Lipinski definition) is 2. The van der Waals surface area contributed by atoms with Crippen LogP contribution in [0.5, 0.6) is 0 Å². The number of hydrogen-bond acceptors (Lipinski definition) is 4. The Hall–Kier alpha value is -2.14. The summed E-state index contributed by atoms with van der Waals surface area (Å²) in [6, 6.07) is 9.48. The number of carboxylic acid groups (broad SMARTS) is 1. The summed E-state index contributed by atoms with van der Waals surface area (Å²) < 4.78 is 5.10. The van der Waals surface area contributed by atoms with Crippen LogP contribution in [0.25, 0.3) is 0 Å². The first kappa shape index (κ1) is 14.3. The Kier molecular flexibility index (Phi) is 4.53. The Bertz CT molecular complexity index is 575. The van der Waals surface area contributed by atoms with Gasteiger partial charge in [0.15, 0.2) is 5.76 Å². The second-order valence-electron chi connectivity index (χ2n) is 4.84. The molecule has 2 rings (SSSR count). The summed E-state index contributed by atoms with van der Waals surface area (Å²) in [5.41, 5.74) is 2.78. The van der Waals surface area contributed by atoms with Gasteiger partial charge >= 0.3 is 5.97 Å². The van der Waals surface area contributed by atoms with E-state index in [1.807, 2.05) is 37.3 Å². The van der Waals surface area contributed by atoms with Crippen molar-refractivity contribution in [2.45, 2.75) is 32.9 Å². The van der Waals surface area contributed by atoms with E-state index in [9.17, 15) is 4.79 Å². The van der Waals surface area contributed by atoms with Crippen LogP contribution in [0, 0.1) is 6.92 Å². The van der Waals surface area contributed by atoms with Crippen LogP contribution in [0.2, 0.25) is 0 Å². The second-order valence-corrected chi connectivity index (χ2v) is 4.84. The third-order valence-electron chi connectivity index (χ3n) is 3.16. The van der Waals surface area contributed by atoms with Gasteiger partial charge in [0.1, 0.15) is 0 Å². The first-order valence-corrected chi connectivity index (χ1v) is 6.51. The van der Waals surface area contributed by atoms with E-state index in [1.54, 1.807) is 6.92 Å². The van der Waals surface area contributed by atoms with E-state index >= 15 is 0 Å². The van der Waals surface area contributed by atoms with Crippen molar-refractivity contribution >= 4 is 5.97 Å². The van der Waals surface area contributed by atoms with Gasteiger partial charge in [-0.3, -0.25) is 4.79 Å². The lowest BCUT2D eigenvalue weighted by Gasteiger charge is -2.08. The molecule has 1 unspecified atom stereocenters. The molecule has 2 aromatic rings. The van der Waals surface area contributed by atoms with Crippen molar-refractivity contribution in [2.24, 2.45) is 0 Å². The van der Waals surface area contributed by atoms with Gasteiger partial charge in [-0.25, -0.2) is 0 Å². The summed E-state index contributed by atoms with van der Waals surface area (Å²) in [6.07, 6.45) is 0. The lowest BCUT2D eigenvalue weighted by Crippen LogP contribution is -2.12. The van der Waals surface area contributed by atoms with E-state index in [0.717, 1.165) is 22.6 Å².